The van der Waals surface area contributed by atoms with Gasteiger partial charge in [0, 0.05) is 0 Å². The van der Waals surface area contributed by atoms with Crippen LogP contribution in [0.25, 0.3) is 0 Å². The molecule has 15 heavy (non-hydrogen) atoms. The molecule has 0 aliphatic heterocycles. The summed E-state index contributed by atoms with van der Waals surface area (Å²) in [7, 11) is -7.91. The van der Waals surface area contributed by atoms with E-state index in [2.05, 4.69) is 9.32 Å². The Morgan fingerprint density at radius 3 is 1.73 bits per heavy atom. The largest absolute Gasteiger partial charge is 0.380 e. The molecule has 84 valence electrons. The molecule has 0 saturated carbocycles. The molecule has 7 nitrogen and oxygen atoms in total. The van der Waals surface area contributed by atoms with E-state index >= 15 is 0 Å². The highest BCUT2D eigenvalue weighted by atomic mass is 32.2. The van der Waals surface area contributed by atoms with E-state index in [9.17, 15) is 16.8 Å². The molecule has 0 bridgehead atoms. The Bertz CT molecular complexity index is 546. The molecular weight excluding hydrogens is 244 g/mol. The monoisotopic (exact) mass is 252 g/mol. The van der Waals surface area contributed by atoms with Crippen LogP contribution in [-0.4, -0.2) is 16.8 Å². The zero-order valence-corrected chi connectivity index (χ0v) is 8.95. The minimum absolute atomic E-state index is 0.0927. The van der Waals surface area contributed by atoms with Gasteiger partial charge in [0.1, 0.15) is 5.75 Å². The first-order valence-electron chi connectivity index (χ1n) is 3.53. The first-order valence-corrected chi connectivity index (χ1v) is 6.55. The molecule has 1 rings (SSSR count). The summed E-state index contributed by atoms with van der Waals surface area (Å²) in [5.74, 6) is -0.0927. The summed E-state index contributed by atoms with van der Waals surface area (Å²) in [6, 6.07) is 4.47. The Labute approximate surface area is 87.0 Å². The maximum absolute atomic E-state index is 10.8. The fourth-order valence-corrected chi connectivity index (χ4v) is 1.71. The van der Waals surface area contributed by atoms with Gasteiger partial charge in [-0.25, -0.2) is 13.6 Å². The van der Waals surface area contributed by atoms with Crippen LogP contribution in [0.1, 0.15) is 0 Å². The van der Waals surface area contributed by atoms with Crippen molar-refractivity contribution < 1.29 is 21.0 Å². The summed E-state index contributed by atoms with van der Waals surface area (Å²) in [6.45, 7) is 0. The topological polar surface area (TPSA) is 130 Å². The van der Waals surface area contributed by atoms with Crippen LogP contribution in [0, 0.1) is 0 Å². The molecule has 0 aliphatic carbocycles. The molecule has 0 aromatic heterocycles. The van der Waals surface area contributed by atoms with E-state index < -0.39 is 20.3 Å². The third-order valence-corrected chi connectivity index (χ3v) is 2.72. The Morgan fingerprint density at radius 1 is 0.933 bits per heavy atom. The van der Waals surface area contributed by atoms with Crippen LogP contribution in [0.4, 0.5) is 0 Å². The number of nitrogens with two attached hydrogens (primary N) is 2. The Hall–Kier alpha value is -1.16. The van der Waals surface area contributed by atoms with Crippen molar-refractivity contribution in [3.8, 4) is 5.75 Å². The Morgan fingerprint density at radius 2 is 1.40 bits per heavy atom. The van der Waals surface area contributed by atoms with Gasteiger partial charge < -0.3 is 4.18 Å². The zero-order valence-electron chi connectivity index (χ0n) is 7.32. The van der Waals surface area contributed by atoms with Crippen molar-refractivity contribution in [1.82, 2.24) is 0 Å². The van der Waals surface area contributed by atoms with Gasteiger partial charge in [-0.1, -0.05) is 0 Å². The molecule has 0 spiro atoms. The molecule has 0 atom stereocenters. The number of sulfonamides is 1. The van der Waals surface area contributed by atoms with Crippen molar-refractivity contribution >= 4 is 20.3 Å². The van der Waals surface area contributed by atoms with Gasteiger partial charge in [-0.2, -0.15) is 13.6 Å². The molecule has 0 radical (unpaired) electrons. The molecule has 0 unspecified atom stereocenters. The third-order valence-electron chi connectivity index (χ3n) is 1.36. The van der Waals surface area contributed by atoms with E-state index in [-0.39, 0.29) is 10.6 Å². The predicted octanol–water partition coefficient (Wildman–Crippen LogP) is -1.08. The second-order valence-corrected chi connectivity index (χ2v) is 5.31. The first-order chi connectivity index (χ1) is 6.68. The van der Waals surface area contributed by atoms with Gasteiger partial charge in [0.2, 0.25) is 10.0 Å². The number of benzene rings is 1. The summed E-state index contributed by atoms with van der Waals surface area (Å²) in [6.07, 6.45) is 0. The van der Waals surface area contributed by atoms with Gasteiger partial charge in [0.25, 0.3) is 0 Å². The van der Waals surface area contributed by atoms with Gasteiger partial charge >= 0.3 is 10.3 Å². The van der Waals surface area contributed by atoms with Gasteiger partial charge in [-0.05, 0) is 24.3 Å². The molecule has 1 aromatic carbocycles. The van der Waals surface area contributed by atoms with E-state index in [1.807, 2.05) is 0 Å². The SMILES string of the molecule is NS(=O)(=O)Oc1ccc(S(N)(=O)=O)cc1. The summed E-state index contributed by atoms with van der Waals surface area (Å²) < 4.78 is 46.9. The van der Waals surface area contributed by atoms with Crippen LogP contribution in [0.5, 0.6) is 5.75 Å². The van der Waals surface area contributed by atoms with Crippen molar-refractivity contribution in [1.29, 1.82) is 0 Å². The summed E-state index contributed by atoms with van der Waals surface area (Å²) in [5.41, 5.74) is 0. The van der Waals surface area contributed by atoms with Crippen molar-refractivity contribution in [2.24, 2.45) is 10.3 Å². The molecule has 4 N–H and O–H groups in total. The smallest absolute Gasteiger partial charge is 0.371 e. The highest BCUT2D eigenvalue weighted by Crippen LogP contribution is 2.15. The fourth-order valence-electron chi connectivity index (χ4n) is 0.819. The first kappa shape index (κ1) is 11.9. The van der Waals surface area contributed by atoms with E-state index in [0.29, 0.717) is 0 Å². The van der Waals surface area contributed by atoms with Gasteiger partial charge in [-0.15, -0.1) is 0 Å². The lowest BCUT2D eigenvalue weighted by molar-refractivity contribution is 0.487. The van der Waals surface area contributed by atoms with Gasteiger partial charge in [0.05, 0.1) is 4.90 Å². The average molecular weight is 252 g/mol. The third kappa shape index (κ3) is 3.83. The van der Waals surface area contributed by atoms with E-state index in [0.717, 1.165) is 24.3 Å². The van der Waals surface area contributed by atoms with Gasteiger partial charge in [-0.3, -0.25) is 0 Å². The van der Waals surface area contributed by atoms with Crippen LogP contribution in [0.2, 0.25) is 0 Å². The number of primary sulfonamides is 1. The van der Waals surface area contributed by atoms with Crippen LogP contribution < -0.4 is 14.5 Å². The van der Waals surface area contributed by atoms with Crippen molar-refractivity contribution in [2.75, 3.05) is 0 Å². The number of rotatable bonds is 3. The standard InChI is InChI=1S/C6H8N2O5S2/c7-14(9,10)6-3-1-5(2-4-6)13-15(8,11)12/h1-4H,(H2,7,9,10)(H2,8,11,12). The highest BCUT2D eigenvalue weighted by molar-refractivity contribution is 7.89. The Kier molecular flexibility index (Phi) is 3.00. The molecule has 9 heteroatoms. The summed E-state index contributed by atoms with van der Waals surface area (Å²) in [4.78, 5) is -0.149. The minimum Gasteiger partial charge on any atom is -0.371 e. The molecule has 0 heterocycles. The normalized spacial score (nSPS) is 12.4. The minimum atomic E-state index is -4.11. The van der Waals surface area contributed by atoms with Crippen LogP contribution in [0.15, 0.2) is 29.2 Å². The number of hydrogen-bond acceptors (Lipinski definition) is 5. The second-order valence-electron chi connectivity index (χ2n) is 2.59. The lowest BCUT2D eigenvalue weighted by Crippen LogP contribution is -2.19. The predicted molar refractivity (Wildman–Crippen MR) is 51.6 cm³/mol. The van der Waals surface area contributed by atoms with E-state index in [1.165, 1.54) is 0 Å². The molecular formula is C6H8N2O5S2. The lowest BCUT2D eigenvalue weighted by Gasteiger charge is -2.02. The van der Waals surface area contributed by atoms with Crippen LogP contribution in [0.3, 0.4) is 0 Å². The quantitative estimate of drug-likeness (QED) is 0.706. The zero-order chi connectivity index (χ0) is 11.7. The summed E-state index contributed by atoms with van der Waals surface area (Å²) >= 11 is 0. The van der Waals surface area contributed by atoms with E-state index in [4.69, 9.17) is 5.14 Å². The summed E-state index contributed by atoms with van der Waals surface area (Å²) in [5, 5.41) is 9.42. The van der Waals surface area contributed by atoms with Crippen LogP contribution in [-0.2, 0) is 20.3 Å². The average Bonchev–Trinajstić information content (AvgIpc) is 2.00. The maximum atomic E-state index is 10.8. The Balaban J connectivity index is 3.02. The molecule has 0 saturated heterocycles. The number of hydrogen-bond donors (Lipinski definition) is 2. The van der Waals surface area contributed by atoms with Crippen LogP contribution >= 0.6 is 0 Å². The molecule has 0 aliphatic rings. The van der Waals surface area contributed by atoms with Crippen molar-refractivity contribution in [2.45, 2.75) is 4.90 Å². The van der Waals surface area contributed by atoms with Crippen molar-refractivity contribution in [3.05, 3.63) is 24.3 Å². The second kappa shape index (κ2) is 3.77. The van der Waals surface area contributed by atoms with Crippen molar-refractivity contribution in [3.63, 3.8) is 0 Å². The maximum Gasteiger partial charge on any atom is 0.380 e. The fraction of sp³-hybridized carbons (Fsp3) is 0. The molecule has 0 amide bonds. The van der Waals surface area contributed by atoms with E-state index in [1.54, 1.807) is 0 Å². The highest BCUT2D eigenvalue weighted by Gasteiger charge is 2.09. The molecule has 0 fully saturated rings. The van der Waals surface area contributed by atoms with Gasteiger partial charge in [0.15, 0.2) is 0 Å². The molecule has 1 aromatic rings. The lowest BCUT2D eigenvalue weighted by atomic mass is 10.3.